The van der Waals surface area contributed by atoms with Crippen LogP contribution >= 0.6 is 11.3 Å². The number of pyridine rings is 1. The van der Waals surface area contributed by atoms with Crippen molar-refractivity contribution < 1.29 is 4.79 Å². The fourth-order valence-electron chi connectivity index (χ4n) is 2.57. The lowest BCUT2D eigenvalue weighted by atomic mass is 10.3. The van der Waals surface area contributed by atoms with Crippen LogP contribution in [0.3, 0.4) is 0 Å². The third kappa shape index (κ3) is 3.69. The number of carbonyl (C=O) groups excluding carboxylic acids is 1. The number of amides is 1. The van der Waals surface area contributed by atoms with Crippen LogP contribution < -0.4 is 5.32 Å². The average molecular weight is 316 g/mol. The molecule has 3 rings (SSSR count). The number of rotatable bonds is 6. The highest BCUT2D eigenvalue weighted by atomic mass is 32.1. The molecule has 3 heterocycles. The van der Waals surface area contributed by atoms with E-state index < -0.39 is 0 Å². The van der Waals surface area contributed by atoms with Gasteiger partial charge in [-0.05, 0) is 25.5 Å². The minimum absolute atomic E-state index is 0.266. The predicted octanol–water partition coefficient (Wildman–Crippen LogP) is 2.31. The van der Waals surface area contributed by atoms with Gasteiger partial charge in [-0.25, -0.2) is 4.98 Å². The Balaban J connectivity index is 1.51. The summed E-state index contributed by atoms with van der Waals surface area (Å²) < 4.78 is 0. The summed E-state index contributed by atoms with van der Waals surface area (Å²) >= 11 is 1.61. The molecule has 1 aliphatic rings. The first-order valence-electron chi connectivity index (χ1n) is 7.59. The average Bonchev–Trinajstić information content (AvgIpc) is 3.16. The van der Waals surface area contributed by atoms with Crippen molar-refractivity contribution in [1.29, 1.82) is 0 Å². The normalized spacial score (nSPS) is 16.2. The Hall–Kier alpha value is -1.79. The van der Waals surface area contributed by atoms with E-state index in [1.165, 1.54) is 0 Å². The smallest absolute Gasteiger partial charge is 0.222 e. The van der Waals surface area contributed by atoms with Crippen LogP contribution in [0, 0.1) is 0 Å². The van der Waals surface area contributed by atoms with Crippen molar-refractivity contribution >= 4 is 17.2 Å². The summed E-state index contributed by atoms with van der Waals surface area (Å²) in [5.41, 5.74) is 1.93. The Morgan fingerprint density at radius 1 is 1.45 bits per heavy atom. The fourth-order valence-corrected chi connectivity index (χ4v) is 3.36. The van der Waals surface area contributed by atoms with Crippen molar-refractivity contribution in [3.8, 4) is 10.7 Å². The van der Waals surface area contributed by atoms with Gasteiger partial charge in [-0.2, -0.15) is 0 Å². The zero-order valence-corrected chi connectivity index (χ0v) is 13.5. The molecular weight excluding hydrogens is 296 g/mol. The van der Waals surface area contributed by atoms with Gasteiger partial charge in [-0.3, -0.25) is 9.78 Å². The quantitative estimate of drug-likeness (QED) is 0.888. The van der Waals surface area contributed by atoms with Gasteiger partial charge in [-0.1, -0.05) is 6.07 Å². The van der Waals surface area contributed by atoms with Gasteiger partial charge in [0.25, 0.3) is 0 Å². The van der Waals surface area contributed by atoms with Gasteiger partial charge in [0.1, 0.15) is 5.01 Å². The molecule has 1 aliphatic heterocycles. The van der Waals surface area contributed by atoms with Crippen LogP contribution in [0.15, 0.2) is 29.8 Å². The van der Waals surface area contributed by atoms with Crippen LogP contribution in [0.1, 0.15) is 25.5 Å². The first-order chi connectivity index (χ1) is 10.7. The lowest BCUT2D eigenvalue weighted by molar-refractivity contribution is -0.127. The Morgan fingerprint density at radius 2 is 2.36 bits per heavy atom. The molecule has 116 valence electrons. The Kier molecular flexibility index (Phi) is 4.80. The SMILES string of the molecule is C[C@@H](CN1CCCC1=O)NCc1csc(-c2ccccn2)n1. The van der Waals surface area contributed by atoms with Crippen molar-refractivity contribution in [2.75, 3.05) is 13.1 Å². The third-order valence-electron chi connectivity index (χ3n) is 3.73. The summed E-state index contributed by atoms with van der Waals surface area (Å²) in [6.07, 6.45) is 3.47. The molecule has 2 aromatic heterocycles. The van der Waals surface area contributed by atoms with Crippen LogP contribution in [-0.4, -0.2) is 39.9 Å². The second-order valence-electron chi connectivity index (χ2n) is 5.58. The van der Waals surface area contributed by atoms with Crippen molar-refractivity contribution in [2.24, 2.45) is 0 Å². The second kappa shape index (κ2) is 6.98. The molecule has 1 saturated heterocycles. The molecule has 2 aromatic rings. The predicted molar refractivity (Wildman–Crippen MR) is 87.5 cm³/mol. The van der Waals surface area contributed by atoms with Crippen LogP contribution in [0.2, 0.25) is 0 Å². The van der Waals surface area contributed by atoms with Crippen molar-refractivity contribution in [3.05, 3.63) is 35.5 Å². The molecule has 1 atom stereocenters. The summed E-state index contributed by atoms with van der Waals surface area (Å²) in [4.78, 5) is 22.5. The molecule has 0 bridgehead atoms. The van der Waals surface area contributed by atoms with E-state index in [1.54, 1.807) is 17.5 Å². The van der Waals surface area contributed by atoms with Gasteiger partial charge in [-0.15, -0.1) is 11.3 Å². The van der Waals surface area contributed by atoms with Gasteiger partial charge >= 0.3 is 0 Å². The Bertz CT molecular complexity index is 628. The van der Waals surface area contributed by atoms with E-state index in [-0.39, 0.29) is 11.9 Å². The number of nitrogens with zero attached hydrogens (tertiary/aromatic N) is 3. The summed E-state index contributed by atoms with van der Waals surface area (Å²) in [6, 6.07) is 6.11. The fraction of sp³-hybridized carbons (Fsp3) is 0.438. The topological polar surface area (TPSA) is 58.1 Å². The van der Waals surface area contributed by atoms with E-state index in [9.17, 15) is 4.79 Å². The maximum absolute atomic E-state index is 11.6. The van der Waals surface area contributed by atoms with Crippen molar-refractivity contribution in [2.45, 2.75) is 32.4 Å². The molecule has 0 aromatic carbocycles. The highest BCUT2D eigenvalue weighted by molar-refractivity contribution is 7.13. The Labute approximate surface area is 134 Å². The lowest BCUT2D eigenvalue weighted by Crippen LogP contribution is -2.39. The molecule has 0 saturated carbocycles. The Morgan fingerprint density at radius 3 is 3.09 bits per heavy atom. The monoisotopic (exact) mass is 316 g/mol. The summed E-state index contributed by atoms with van der Waals surface area (Å²) in [7, 11) is 0. The number of nitrogens with one attached hydrogen (secondary N) is 1. The summed E-state index contributed by atoms with van der Waals surface area (Å²) in [5.74, 6) is 0.278. The first kappa shape index (κ1) is 15.1. The van der Waals surface area contributed by atoms with Crippen molar-refractivity contribution in [3.63, 3.8) is 0 Å². The van der Waals surface area contributed by atoms with E-state index in [1.807, 2.05) is 23.1 Å². The molecule has 1 amide bonds. The molecule has 22 heavy (non-hydrogen) atoms. The van der Waals surface area contributed by atoms with Gasteiger partial charge in [0.05, 0.1) is 11.4 Å². The van der Waals surface area contributed by atoms with Gasteiger partial charge in [0, 0.05) is 43.7 Å². The molecule has 0 unspecified atom stereocenters. The van der Waals surface area contributed by atoms with E-state index in [4.69, 9.17) is 0 Å². The minimum Gasteiger partial charge on any atom is -0.341 e. The number of carbonyl (C=O) groups is 1. The third-order valence-corrected chi connectivity index (χ3v) is 4.65. The minimum atomic E-state index is 0.266. The highest BCUT2D eigenvalue weighted by Gasteiger charge is 2.21. The van der Waals surface area contributed by atoms with E-state index in [0.29, 0.717) is 13.0 Å². The number of thiazole rings is 1. The van der Waals surface area contributed by atoms with Crippen LogP contribution in [0.4, 0.5) is 0 Å². The van der Waals surface area contributed by atoms with E-state index in [2.05, 4.69) is 27.6 Å². The molecule has 0 spiro atoms. The number of hydrogen-bond donors (Lipinski definition) is 1. The van der Waals surface area contributed by atoms with Crippen LogP contribution in [0.25, 0.3) is 10.7 Å². The standard InChI is InChI=1S/C16H20N4OS/c1-12(10-20-8-4-6-15(20)21)18-9-13-11-22-16(19-13)14-5-2-3-7-17-14/h2-3,5,7,11-12,18H,4,6,8-10H2,1H3/t12-/m0/s1. The first-order valence-corrected chi connectivity index (χ1v) is 8.47. The zero-order valence-electron chi connectivity index (χ0n) is 12.7. The summed E-state index contributed by atoms with van der Waals surface area (Å²) in [6.45, 7) is 4.49. The number of hydrogen-bond acceptors (Lipinski definition) is 5. The van der Waals surface area contributed by atoms with Gasteiger partial charge < -0.3 is 10.2 Å². The number of aromatic nitrogens is 2. The van der Waals surface area contributed by atoms with E-state index in [0.717, 1.165) is 35.9 Å². The van der Waals surface area contributed by atoms with Crippen LogP contribution in [0.5, 0.6) is 0 Å². The van der Waals surface area contributed by atoms with E-state index >= 15 is 0 Å². The number of likely N-dealkylation sites (tertiary alicyclic amines) is 1. The molecular formula is C16H20N4OS. The molecule has 1 N–H and O–H groups in total. The second-order valence-corrected chi connectivity index (χ2v) is 6.44. The van der Waals surface area contributed by atoms with Crippen molar-refractivity contribution in [1.82, 2.24) is 20.2 Å². The maximum atomic E-state index is 11.6. The summed E-state index contributed by atoms with van der Waals surface area (Å²) in [5, 5.41) is 6.45. The zero-order chi connectivity index (χ0) is 15.4. The molecule has 0 aliphatic carbocycles. The molecule has 0 radical (unpaired) electrons. The van der Waals surface area contributed by atoms with Gasteiger partial charge in [0.15, 0.2) is 0 Å². The van der Waals surface area contributed by atoms with Gasteiger partial charge in [0.2, 0.25) is 5.91 Å². The lowest BCUT2D eigenvalue weighted by Gasteiger charge is -2.21. The largest absolute Gasteiger partial charge is 0.341 e. The highest BCUT2D eigenvalue weighted by Crippen LogP contribution is 2.21. The molecule has 5 nitrogen and oxygen atoms in total. The molecule has 6 heteroatoms. The molecule has 1 fully saturated rings. The van der Waals surface area contributed by atoms with Crippen LogP contribution in [-0.2, 0) is 11.3 Å². The maximum Gasteiger partial charge on any atom is 0.222 e.